The number of imidazole rings is 1. The summed E-state index contributed by atoms with van der Waals surface area (Å²) in [7, 11) is 1.90. The summed E-state index contributed by atoms with van der Waals surface area (Å²) >= 11 is 0. The van der Waals surface area contributed by atoms with E-state index in [1.165, 1.54) is 0 Å². The summed E-state index contributed by atoms with van der Waals surface area (Å²) in [6.45, 7) is 2.33. The van der Waals surface area contributed by atoms with Crippen molar-refractivity contribution in [3.63, 3.8) is 0 Å². The monoisotopic (exact) mass is 479 g/mol. The van der Waals surface area contributed by atoms with Crippen LogP contribution in [0, 0.1) is 17.8 Å². The number of aryl methyl sites for hydroxylation is 1. The number of hydrogen-bond acceptors (Lipinski definition) is 5. The predicted molar refractivity (Wildman–Crippen MR) is 130 cm³/mol. The molecule has 3 aliphatic rings. The Bertz CT molecular complexity index is 1210. The van der Waals surface area contributed by atoms with Crippen LogP contribution in [-0.2, 0) is 29.6 Å². The van der Waals surface area contributed by atoms with Crippen molar-refractivity contribution >= 4 is 17.9 Å². The first-order valence-corrected chi connectivity index (χ1v) is 12.5. The maximum Gasteiger partial charge on any atom is 0.258 e. The van der Waals surface area contributed by atoms with Gasteiger partial charge < -0.3 is 24.5 Å². The first-order valence-electron chi connectivity index (χ1n) is 12.5. The van der Waals surface area contributed by atoms with E-state index >= 15 is 0 Å². The van der Waals surface area contributed by atoms with E-state index in [0.29, 0.717) is 24.2 Å². The number of hydrogen-bond donors (Lipinski definition) is 2. The van der Waals surface area contributed by atoms with E-state index in [2.05, 4.69) is 10.3 Å². The van der Waals surface area contributed by atoms with E-state index in [4.69, 9.17) is 0 Å². The summed E-state index contributed by atoms with van der Waals surface area (Å²) in [5.74, 6) is -1.25. The molecule has 2 aromatic rings. The number of rotatable bonds is 7. The number of aliphatic hydroxyl groups excluding tert-OH is 1. The summed E-state index contributed by atoms with van der Waals surface area (Å²) in [5, 5.41) is 13.4. The molecule has 1 aliphatic carbocycles. The second-order valence-electron chi connectivity index (χ2n) is 9.96. The van der Waals surface area contributed by atoms with Crippen LogP contribution >= 0.6 is 0 Å². The van der Waals surface area contributed by atoms with Crippen LogP contribution in [0.1, 0.15) is 49.2 Å². The third kappa shape index (κ3) is 4.01. The minimum absolute atomic E-state index is 0.0362. The van der Waals surface area contributed by atoms with Gasteiger partial charge in [0.15, 0.2) is 0 Å². The third-order valence-electron chi connectivity index (χ3n) is 7.87. The molecule has 5 rings (SSSR count). The number of nitrogens with one attached hydrogen (secondary N) is 1. The maximum atomic E-state index is 13.6. The molecular formula is C26H33N5O4. The SMILES string of the molecule is C/C=C/c1ccc2n(c1=O)C[C@H]1[C@H](CO)[C@@H](C(=O)NCCc3cn(C)cn3)[C@@H]2N1C(=O)C1CCC1. The van der Waals surface area contributed by atoms with E-state index in [1.54, 1.807) is 23.0 Å². The van der Waals surface area contributed by atoms with Gasteiger partial charge in [-0.25, -0.2) is 4.98 Å². The average Bonchev–Trinajstić information content (AvgIpc) is 3.32. The van der Waals surface area contributed by atoms with Gasteiger partial charge in [-0.15, -0.1) is 0 Å². The van der Waals surface area contributed by atoms with E-state index in [9.17, 15) is 19.5 Å². The van der Waals surface area contributed by atoms with Gasteiger partial charge in [0, 0.05) is 62.5 Å². The highest BCUT2D eigenvalue weighted by Gasteiger charge is 2.58. The van der Waals surface area contributed by atoms with E-state index < -0.39 is 23.9 Å². The number of allylic oxidation sites excluding steroid dienone is 1. The molecule has 9 nitrogen and oxygen atoms in total. The van der Waals surface area contributed by atoms with Crippen molar-refractivity contribution in [3.8, 4) is 0 Å². The summed E-state index contributed by atoms with van der Waals surface area (Å²) in [6.07, 6.45) is 10.6. The highest BCUT2D eigenvalue weighted by Crippen LogP contribution is 2.50. The minimum Gasteiger partial charge on any atom is -0.396 e. The smallest absolute Gasteiger partial charge is 0.258 e. The summed E-state index contributed by atoms with van der Waals surface area (Å²) in [6, 6.07) is 2.67. The van der Waals surface area contributed by atoms with Gasteiger partial charge >= 0.3 is 0 Å². The number of amides is 2. The quantitative estimate of drug-likeness (QED) is 0.622. The summed E-state index contributed by atoms with van der Waals surface area (Å²) in [5.41, 5.74) is 2.01. The Kier molecular flexibility index (Phi) is 6.35. The van der Waals surface area contributed by atoms with Gasteiger partial charge in [-0.2, -0.15) is 0 Å². The zero-order valence-corrected chi connectivity index (χ0v) is 20.3. The van der Waals surface area contributed by atoms with Gasteiger partial charge in [0.2, 0.25) is 11.8 Å². The second-order valence-corrected chi connectivity index (χ2v) is 9.96. The number of pyridine rings is 1. The Morgan fingerprint density at radius 3 is 2.71 bits per heavy atom. The van der Waals surface area contributed by atoms with Crippen molar-refractivity contribution in [1.29, 1.82) is 0 Å². The molecule has 186 valence electrons. The third-order valence-corrected chi connectivity index (χ3v) is 7.87. The van der Waals surface area contributed by atoms with Crippen LogP contribution in [0.4, 0.5) is 0 Å². The average molecular weight is 480 g/mol. The van der Waals surface area contributed by atoms with Crippen LogP contribution in [0.2, 0.25) is 0 Å². The number of carbonyl (C=O) groups is 2. The molecule has 2 fully saturated rings. The molecule has 0 radical (unpaired) electrons. The van der Waals surface area contributed by atoms with Gasteiger partial charge in [-0.3, -0.25) is 14.4 Å². The molecule has 2 aromatic heterocycles. The Balaban J connectivity index is 1.48. The molecule has 0 aromatic carbocycles. The molecule has 2 amide bonds. The van der Waals surface area contributed by atoms with E-state index in [0.717, 1.165) is 25.0 Å². The lowest BCUT2D eigenvalue weighted by molar-refractivity contribution is -0.143. The number of carbonyl (C=O) groups excluding carboxylic acids is 2. The molecule has 4 heterocycles. The Labute approximate surface area is 204 Å². The molecule has 4 atom stereocenters. The molecule has 9 heteroatoms. The van der Waals surface area contributed by atoms with Gasteiger partial charge in [-0.1, -0.05) is 18.6 Å². The van der Waals surface area contributed by atoms with Crippen molar-refractivity contribution in [2.75, 3.05) is 13.2 Å². The van der Waals surface area contributed by atoms with Gasteiger partial charge in [-0.05, 0) is 31.9 Å². The second kappa shape index (κ2) is 9.45. The first kappa shape index (κ1) is 23.5. The summed E-state index contributed by atoms with van der Waals surface area (Å²) in [4.78, 5) is 46.5. The van der Waals surface area contributed by atoms with Crippen molar-refractivity contribution in [1.82, 2.24) is 24.3 Å². The maximum absolute atomic E-state index is 13.6. The van der Waals surface area contributed by atoms with Crippen LogP contribution in [0.25, 0.3) is 6.08 Å². The van der Waals surface area contributed by atoms with Crippen LogP contribution < -0.4 is 10.9 Å². The van der Waals surface area contributed by atoms with Gasteiger partial charge in [0.05, 0.1) is 30.0 Å². The molecule has 0 spiro atoms. The molecule has 35 heavy (non-hydrogen) atoms. The fourth-order valence-electron chi connectivity index (χ4n) is 5.93. The largest absolute Gasteiger partial charge is 0.396 e. The Hall–Kier alpha value is -3.20. The first-order chi connectivity index (χ1) is 16.9. The molecular weight excluding hydrogens is 446 g/mol. The lowest BCUT2D eigenvalue weighted by Gasteiger charge is -2.41. The number of nitrogens with zero attached hydrogens (tertiary/aromatic N) is 4. The highest BCUT2D eigenvalue weighted by atomic mass is 16.3. The van der Waals surface area contributed by atoms with E-state index in [1.807, 2.05) is 41.8 Å². The van der Waals surface area contributed by atoms with Crippen molar-refractivity contribution in [2.24, 2.45) is 24.8 Å². The van der Waals surface area contributed by atoms with Crippen molar-refractivity contribution < 1.29 is 14.7 Å². The fourth-order valence-corrected chi connectivity index (χ4v) is 5.93. The molecule has 2 bridgehead atoms. The zero-order chi connectivity index (χ0) is 24.7. The van der Waals surface area contributed by atoms with Gasteiger partial charge in [0.25, 0.3) is 5.56 Å². The topological polar surface area (TPSA) is 109 Å². The van der Waals surface area contributed by atoms with Crippen molar-refractivity contribution in [2.45, 2.75) is 51.2 Å². The normalized spacial score (nSPS) is 25.5. The lowest BCUT2D eigenvalue weighted by atomic mass is 9.83. The molecule has 2 N–H and O–H groups in total. The fraction of sp³-hybridized carbons (Fsp3) is 0.538. The minimum atomic E-state index is -0.626. The highest BCUT2D eigenvalue weighted by molar-refractivity contribution is 5.85. The van der Waals surface area contributed by atoms with Crippen LogP contribution in [-0.4, -0.2) is 55.1 Å². The predicted octanol–water partition coefficient (Wildman–Crippen LogP) is 1.26. The molecule has 1 saturated carbocycles. The van der Waals surface area contributed by atoms with Crippen LogP contribution in [0.15, 0.2) is 35.5 Å². The summed E-state index contributed by atoms with van der Waals surface area (Å²) < 4.78 is 3.57. The molecule has 2 aliphatic heterocycles. The molecule has 1 saturated heterocycles. The Morgan fingerprint density at radius 1 is 1.29 bits per heavy atom. The standard InChI is InChI=1S/C26H33N5O4/c1-3-5-16-8-9-20-23-22(24(33)27-11-10-18-12-29(2)15-28-18)19(14-32)21(13-30(20)25(16)34)31(23)26(35)17-6-4-7-17/h3,5,8-9,12,15,17,19,21-23,32H,4,6-7,10-11,13-14H2,1-2H3,(H,27,33)/b5-3+/t19-,21-,22+,23+/m0/s1. The Morgan fingerprint density at radius 2 is 2.09 bits per heavy atom. The number of aliphatic hydroxyl groups is 1. The lowest BCUT2D eigenvalue weighted by Crippen LogP contribution is -2.51. The van der Waals surface area contributed by atoms with Crippen molar-refractivity contribution in [3.05, 3.63) is 58.0 Å². The van der Waals surface area contributed by atoms with Crippen LogP contribution in [0.3, 0.4) is 0 Å². The molecule has 0 unspecified atom stereocenters. The van der Waals surface area contributed by atoms with E-state index in [-0.39, 0.29) is 36.4 Å². The zero-order valence-electron chi connectivity index (χ0n) is 20.3. The van der Waals surface area contributed by atoms with Crippen LogP contribution in [0.5, 0.6) is 0 Å². The number of fused-ring (bicyclic) bond motifs is 4. The van der Waals surface area contributed by atoms with Gasteiger partial charge in [0.1, 0.15) is 0 Å². The number of aromatic nitrogens is 3.